The summed E-state index contributed by atoms with van der Waals surface area (Å²) in [5.74, 6) is 0. The average Bonchev–Trinajstić information content (AvgIpc) is 2.85. The zero-order chi connectivity index (χ0) is 28.2. The molecule has 0 amide bonds. The highest BCUT2D eigenvalue weighted by molar-refractivity contribution is 7.60. The molecule has 3 N–H and O–H groups in total. The van der Waals surface area contributed by atoms with Gasteiger partial charge in [-0.05, 0) is 84.7 Å². The minimum Gasteiger partial charge on any atom is -0.302 e. The summed E-state index contributed by atoms with van der Waals surface area (Å²) < 4.78 is 34.3. The van der Waals surface area contributed by atoms with Crippen LogP contribution in [-0.4, -0.2) is 14.7 Å². The fourth-order valence-electron chi connectivity index (χ4n) is 4.64. The molecule has 1 atom stereocenters. The van der Waals surface area contributed by atoms with E-state index in [-0.39, 0.29) is 0 Å². The van der Waals surface area contributed by atoms with Crippen molar-refractivity contribution in [1.29, 1.82) is 0 Å². The Kier molecular flexibility index (Phi) is 13.9. The molecule has 0 spiro atoms. The molecule has 0 aliphatic rings. The maximum Gasteiger partial charge on any atom is 0.482 e. The van der Waals surface area contributed by atoms with Crippen molar-refractivity contribution >= 4 is 15.6 Å². The van der Waals surface area contributed by atoms with Crippen molar-refractivity contribution in [2.75, 3.05) is 0 Å². The smallest absolute Gasteiger partial charge is 0.302 e. The third-order valence-electron chi connectivity index (χ3n) is 6.67. The zero-order valence-electron chi connectivity index (χ0n) is 23.4. The average molecular weight is 569 g/mol. The molecule has 0 aliphatic heterocycles. The standard InChI is InChI=1S/C29H46O7P2/c1-5-9-13-23-17-19-27(25(21-23)15-11-7-3)29(35-38(33,34)36-37(30,31)32)28-20-18-24(14-10-6-2)22-26(28)16-12-8-4/h17-22,29H,5-16H2,1-4H3,(H,33,34)(H2,30,31,32). The summed E-state index contributed by atoms with van der Waals surface area (Å²) in [4.78, 5) is 29.0. The van der Waals surface area contributed by atoms with E-state index < -0.39 is 21.7 Å². The van der Waals surface area contributed by atoms with Gasteiger partial charge in [-0.2, -0.15) is 4.31 Å². The van der Waals surface area contributed by atoms with Crippen molar-refractivity contribution in [3.05, 3.63) is 69.8 Å². The van der Waals surface area contributed by atoms with Gasteiger partial charge in [-0.15, -0.1) is 0 Å². The highest BCUT2D eigenvalue weighted by Crippen LogP contribution is 2.60. The Balaban J connectivity index is 2.69. The van der Waals surface area contributed by atoms with Gasteiger partial charge in [0.25, 0.3) is 0 Å². The van der Waals surface area contributed by atoms with Gasteiger partial charge in [0.2, 0.25) is 0 Å². The normalized spacial score (nSPS) is 13.7. The molecule has 2 aromatic carbocycles. The first kappa shape index (κ1) is 32.9. The fraction of sp³-hybridized carbons (Fsp3) is 0.586. The molecule has 2 rings (SSSR count). The van der Waals surface area contributed by atoms with Gasteiger partial charge in [0.05, 0.1) is 0 Å². The fourth-order valence-corrected chi connectivity index (χ4v) is 6.36. The van der Waals surface area contributed by atoms with Gasteiger partial charge in [0.1, 0.15) is 6.10 Å². The van der Waals surface area contributed by atoms with Crippen molar-refractivity contribution in [3.8, 4) is 0 Å². The zero-order valence-corrected chi connectivity index (χ0v) is 25.2. The van der Waals surface area contributed by atoms with E-state index >= 15 is 0 Å². The Morgan fingerprint density at radius 2 is 1.05 bits per heavy atom. The number of aryl methyl sites for hydroxylation is 4. The molecule has 2 aromatic rings. The molecule has 1 unspecified atom stereocenters. The molecular weight excluding hydrogens is 522 g/mol. The summed E-state index contributed by atoms with van der Waals surface area (Å²) in [6.07, 6.45) is 10.5. The molecule has 7 nitrogen and oxygen atoms in total. The van der Waals surface area contributed by atoms with Crippen molar-refractivity contribution in [2.24, 2.45) is 0 Å². The number of benzene rings is 2. The van der Waals surface area contributed by atoms with Crippen LogP contribution < -0.4 is 0 Å². The van der Waals surface area contributed by atoms with Crippen LogP contribution in [0.3, 0.4) is 0 Å². The van der Waals surface area contributed by atoms with E-state index in [1.807, 2.05) is 24.3 Å². The van der Waals surface area contributed by atoms with Crippen LogP contribution in [0.2, 0.25) is 0 Å². The van der Waals surface area contributed by atoms with E-state index in [9.17, 15) is 23.8 Å². The maximum absolute atomic E-state index is 12.9. The maximum atomic E-state index is 12.9. The molecule has 0 heterocycles. The number of hydrogen-bond acceptors (Lipinski definition) is 4. The molecule has 0 saturated carbocycles. The molecule has 38 heavy (non-hydrogen) atoms. The molecule has 214 valence electrons. The van der Waals surface area contributed by atoms with Gasteiger partial charge in [0.15, 0.2) is 0 Å². The van der Waals surface area contributed by atoms with Gasteiger partial charge in [-0.3, -0.25) is 4.52 Å². The summed E-state index contributed by atoms with van der Waals surface area (Å²) in [7, 11) is -10.4. The first-order valence-electron chi connectivity index (χ1n) is 14.0. The van der Waals surface area contributed by atoms with E-state index in [1.54, 1.807) is 0 Å². The summed E-state index contributed by atoms with van der Waals surface area (Å²) in [5.41, 5.74) is 5.86. The highest BCUT2D eigenvalue weighted by atomic mass is 31.3. The van der Waals surface area contributed by atoms with Gasteiger partial charge in [0, 0.05) is 0 Å². The predicted molar refractivity (Wildman–Crippen MR) is 153 cm³/mol. The summed E-state index contributed by atoms with van der Waals surface area (Å²) in [6, 6.07) is 12.2. The third-order valence-corrected chi connectivity index (χ3v) is 8.82. The molecular formula is C29H46O7P2. The molecule has 0 saturated heterocycles. The number of unbranched alkanes of at least 4 members (excludes halogenated alkanes) is 4. The first-order chi connectivity index (χ1) is 18.0. The van der Waals surface area contributed by atoms with Gasteiger partial charge in [-0.1, -0.05) is 89.8 Å². The Morgan fingerprint density at radius 1 is 0.658 bits per heavy atom. The van der Waals surface area contributed by atoms with Crippen LogP contribution >= 0.6 is 15.6 Å². The second kappa shape index (κ2) is 16.1. The second-order valence-electron chi connectivity index (χ2n) is 10.0. The van der Waals surface area contributed by atoms with Gasteiger partial charge in [-0.25, -0.2) is 9.13 Å². The number of phosphoric acid groups is 2. The third kappa shape index (κ3) is 11.1. The lowest BCUT2D eigenvalue weighted by molar-refractivity contribution is 0.146. The largest absolute Gasteiger partial charge is 0.482 e. The SMILES string of the molecule is CCCCc1ccc(C(OP(=O)(O)OP(=O)(O)O)c2ccc(CCCC)cc2CCCC)c(CCCC)c1. The topological polar surface area (TPSA) is 113 Å². The van der Waals surface area contributed by atoms with Crippen LogP contribution in [0.15, 0.2) is 36.4 Å². The number of hydrogen-bond donors (Lipinski definition) is 3. The van der Waals surface area contributed by atoms with Crippen molar-refractivity contribution in [1.82, 2.24) is 0 Å². The van der Waals surface area contributed by atoms with Crippen molar-refractivity contribution in [2.45, 2.75) is 111 Å². The lowest BCUT2D eigenvalue weighted by Crippen LogP contribution is -2.12. The Labute approximate surface area is 228 Å². The van der Waals surface area contributed by atoms with Crippen molar-refractivity contribution < 1.29 is 32.6 Å². The second-order valence-corrected chi connectivity index (χ2v) is 12.8. The Hall–Kier alpha value is -1.30. The Bertz CT molecular complexity index is 1030. The molecule has 0 bridgehead atoms. The predicted octanol–water partition coefficient (Wildman–Crippen LogP) is 8.37. The Morgan fingerprint density at radius 3 is 1.42 bits per heavy atom. The molecule has 0 fully saturated rings. The molecule has 0 radical (unpaired) electrons. The van der Waals surface area contributed by atoms with E-state index in [4.69, 9.17) is 4.52 Å². The van der Waals surface area contributed by atoms with E-state index in [2.05, 4.69) is 44.1 Å². The van der Waals surface area contributed by atoms with Crippen LogP contribution in [0.1, 0.15) is 119 Å². The van der Waals surface area contributed by atoms with Crippen LogP contribution in [0.4, 0.5) is 0 Å². The number of phosphoric ester groups is 1. The monoisotopic (exact) mass is 568 g/mol. The van der Waals surface area contributed by atoms with E-state index in [0.29, 0.717) is 0 Å². The van der Waals surface area contributed by atoms with Crippen LogP contribution in [0.25, 0.3) is 0 Å². The summed E-state index contributed by atoms with van der Waals surface area (Å²) in [6.45, 7) is 8.53. The summed E-state index contributed by atoms with van der Waals surface area (Å²) in [5, 5.41) is 0. The van der Waals surface area contributed by atoms with Crippen LogP contribution in [0.5, 0.6) is 0 Å². The number of rotatable bonds is 18. The molecule has 9 heteroatoms. The lowest BCUT2D eigenvalue weighted by Gasteiger charge is -2.26. The van der Waals surface area contributed by atoms with Crippen LogP contribution in [-0.2, 0) is 43.6 Å². The van der Waals surface area contributed by atoms with E-state index in [1.165, 1.54) is 11.1 Å². The van der Waals surface area contributed by atoms with Crippen molar-refractivity contribution in [3.63, 3.8) is 0 Å². The first-order valence-corrected chi connectivity index (χ1v) is 17.1. The highest BCUT2D eigenvalue weighted by Gasteiger charge is 2.37. The van der Waals surface area contributed by atoms with E-state index in [0.717, 1.165) is 99.3 Å². The quantitative estimate of drug-likeness (QED) is 0.155. The molecule has 0 aromatic heterocycles. The minimum absolute atomic E-state index is 0.723. The minimum atomic E-state index is -5.26. The lowest BCUT2D eigenvalue weighted by atomic mass is 9.87. The van der Waals surface area contributed by atoms with Gasteiger partial charge < -0.3 is 14.7 Å². The molecule has 0 aliphatic carbocycles. The summed E-state index contributed by atoms with van der Waals surface area (Å²) >= 11 is 0. The van der Waals surface area contributed by atoms with Crippen LogP contribution in [0, 0.1) is 0 Å². The van der Waals surface area contributed by atoms with Gasteiger partial charge >= 0.3 is 15.6 Å².